The van der Waals surface area contributed by atoms with E-state index in [9.17, 15) is 35.9 Å². The Kier molecular flexibility index (Phi) is 10.8. The summed E-state index contributed by atoms with van der Waals surface area (Å²) in [6.07, 6.45) is -8.23. The van der Waals surface area contributed by atoms with Gasteiger partial charge in [0.1, 0.15) is 16.7 Å². The molecule has 15 heteroatoms. The summed E-state index contributed by atoms with van der Waals surface area (Å²) in [6, 6.07) is 11.9. The van der Waals surface area contributed by atoms with Crippen molar-refractivity contribution in [2.75, 3.05) is 46.0 Å². The first-order chi connectivity index (χ1) is 22.7. The number of aromatic carboxylic acids is 1. The first-order valence-corrected chi connectivity index (χ1v) is 15.9. The summed E-state index contributed by atoms with van der Waals surface area (Å²) in [5.74, 6) is -1.40. The molecule has 0 unspecified atom stereocenters. The fourth-order valence-corrected chi connectivity index (χ4v) is 6.42. The molecule has 1 amide bonds. The third-order valence-electron chi connectivity index (χ3n) is 7.67. The van der Waals surface area contributed by atoms with Gasteiger partial charge in [-0.3, -0.25) is 14.6 Å². The number of carboxylic acid groups (broad SMARTS) is 1. The summed E-state index contributed by atoms with van der Waals surface area (Å²) in [7, 11) is 0. The number of hydrogen-bond acceptors (Lipinski definition) is 7. The summed E-state index contributed by atoms with van der Waals surface area (Å²) in [6.45, 7) is 3.19. The molecule has 2 saturated heterocycles. The first-order valence-electron chi connectivity index (χ1n) is 14.6. The Morgan fingerprint density at radius 1 is 0.938 bits per heavy atom. The normalized spacial score (nSPS) is 17.0. The van der Waals surface area contributed by atoms with Crippen LogP contribution >= 0.6 is 24.0 Å². The molecule has 0 radical (unpaired) electrons. The lowest BCUT2D eigenvalue weighted by Crippen LogP contribution is -2.38. The molecule has 2 fully saturated rings. The number of thioether (sulfide) groups is 1. The van der Waals surface area contributed by atoms with Crippen LogP contribution in [0.25, 0.3) is 17.2 Å². The Morgan fingerprint density at radius 2 is 1.58 bits per heavy atom. The highest BCUT2D eigenvalue weighted by molar-refractivity contribution is 8.26. The van der Waals surface area contributed by atoms with Crippen LogP contribution in [0.3, 0.4) is 0 Å². The second-order valence-electron chi connectivity index (χ2n) is 10.9. The summed E-state index contributed by atoms with van der Waals surface area (Å²) in [5, 5.41) is 9.09. The molecule has 2 heterocycles. The van der Waals surface area contributed by atoms with Crippen LogP contribution in [-0.4, -0.2) is 77.1 Å². The Morgan fingerprint density at radius 3 is 2.19 bits per heavy atom. The third kappa shape index (κ3) is 8.75. The lowest BCUT2D eigenvalue weighted by Gasteiger charge is -2.26. The molecule has 0 aromatic heterocycles. The van der Waals surface area contributed by atoms with Gasteiger partial charge < -0.3 is 14.6 Å². The van der Waals surface area contributed by atoms with E-state index in [0.29, 0.717) is 57.0 Å². The van der Waals surface area contributed by atoms with Gasteiger partial charge in [0.2, 0.25) is 0 Å². The zero-order valence-corrected chi connectivity index (χ0v) is 26.7. The Bertz CT molecular complexity index is 1690. The van der Waals surface area contributed by atoms with E-state index in [1.807, 2.05) is 0 Å². The lowest BCUT2D eigenvalue weighted by molar-refractivity contribution is -0.143. The molecule has 0 aliphatic carbocycles. The zero-order chi connectivity index (χ0) is 34.6. The number of benzene rings is 3. The summed E-state index contributed by atoms with van der Waals surface area (Å²) in [4.78, 5) is 28.1. The number of hydrogen-bond donors (Lipinski definition) is 1. The van der Waals surface area contributed by atoms with Crippen molar-refractivity contribution in [1.29, 1.82) is 0 Å². The Hall–Kier alpha value is -3.92. The Labute approximate surface area is 281 Å². The first kappa shape index (κ1) is 35.4. The average Bonchev–Trinajstić information content (AvgIpc) is 3.31. The van der Waals surface area contributed by atoms with Gasteiger partial charge in [-0.1, -0.05) is 42.2 Å². The Balaban J connectivity index is 1.43. The molecule has 0 atom stereocenters. The van der Waals surface area contributed by atoms with Gasteiger partial charge in [-0.15, -0.1) is 0 Å². The standard InChI is InChI=1S/C33H28F6N2O5S2/c34-32(35,36)24-17-23(18-25(19-24)33(37,38)39)26-15-21(3-6-27(26)46-14-11-40-9-12-45-13-10-40)16-28-29(42)41(31(47)48-28)8-7-20-1-4-22(5-2-20)30(43)44/h1-6,15-19H,7-14H2,(H,43,44)/b28-16-. The van der Waals surface area contributed by atoms with Gasteiger partial charge in [-0.2, -0.15) is 26.3 Å². The van der Waals surface area contributed by atoms with E-state index < -0.39 is 35.4 Å². The molecular weight excluding hydrogens is 682 g/mol. The van der Waals surface area contributed by atoms with Gasteiger partial charge in [0.25, 0.3) is 5.91 Å². The van der Waals surface area contributed by atoms with Gasteiger partial charge in [0.15, 0.2) is 0 Å². The van der Waals surface area contributed by atoms with Crippen LogP contribution < -0.4 is 4.74 Å². The van der Waals surface area contributed by atoms with Gasteiger partial charge in [0.05, 0.1) is 34.8 Å². The number of ether oxygens (including phenoxy) is 2. The predicted molar refractivity (Wildman–Crippen MR) is 172 cm³/mol. The van der Waals surface area contributed by atoms with Crippen LogP contribution in [0.15, 0.2) is 65.6 Å². The molecule has 5 rings (SSSR count). The van der Waals surface area contributed by atoms with Crippen molar-refractivity contribution in [2.24, 2.45) is 0 Å². The average molecular weight is 711 g/mol. The van der Waals surface area contributed by atoms with Crippen molar-refractivity contribution >= 4 is 46.3 Å². The molecule has 48 heavy (non-hydrogen) atoms. The highest BCUT2D eigenvalue weighted by Gasteiger charge is 2.37. The van der Waals surface area contributed by atoms with Crippen LogP contribution in [0.4, 0.5) is 26.3 Å². The fraction of sp³-hybridized carbons (Fsp3) is 0.303. The summed E-state index contributed by atoms with van der Waals surface area (Å²) >= 11 is 6.42. The molecule has 2 aliphatic rings. The number of halogens is 6. The van der Waals surface area contributed by atoms with E-state index in [0.717, 1.165) is 17.3 Å². The van der Waals surface area contributed by atoms with Crippen molar-refractivity contribution in [3.05, 3.63) is 93.4 Å². The molecule has 1 N–H and O–H groups in total. The number of morpholine rings is 1. The van der Waals surface area contributed by atoms with Gasteiger partial charge in [-0.25, -0.2) is 4.79 Å². The second kappa shape index (κ2) is 14.7. The van der Waals surface area contributed by atoms with Crippen molar-refractivity contribution < 1.29 is 50.5 Å². The molecule has 2 aliphatic heterocycles. The second-order valence-corrected chi connectivity index (χ2v) is 12.6. The van der Waals surface area contributed by atoms with E-state index in [4.69, 9.17) is 26.8 Å². The van der Waals surface area contributed by atoms with Gasteiger partial charge >= 0.3 is 18.3 Å². The van der Waals surface area contributed by atoms with Crippen molar-refractivity contribution in [3.8, 4) is 16.9 Å². The number of carbonyl (C=O) groups is 2. The fourth-order valence-electron chi connectivity index (χ4n) is 5.11. The minimum absolute atomic E-state index is 0.0115. The molecular formula is C33H28F6N2O5S2. The van der Waals surface area contributed by atoms with Crippen LogP contribution in [0.2, 0.25) is 0 Å². The van der Waals surface area contributed by atoms with Crippen molar-refractivity contribution in [2.45, 2.75) is 18.8 Å². The number of alkyl halides is 6. The molecule has 254 valence electrons. The zero-order valence-electron chi connectivity index (χ0n) is 25.1. The maximum atomic E-state index is 13.7. The third-order valence-corrected chi connectivity index (χ3v) is 9.05. The topological polar surface area (TPSA) is 79.3 Å². The minimum atomic E-state index is -5.04. The number of amides is 1. The molecule has 0 bridgehead atoms. The molecule has 0 saturated carbocycles. The molecule has 3 aromatic rings. The number of thiocarbonyl (C=S) groups is 1. The van der Waals surface area contributed by atoms with E-state index in [-0.39, 0.29) is 50.9 Å². The number of carbonyl (C=O) groups excluding carboxylic acids is 1. The number of rotatable bonds is 10. The van der Waals surface area contributed by atoms with Crippen molar-refractivity contribution in [1.82, 2.24) is 9.80 Å². The maximum absolute atomic E-state index is 13.7. The lowest BCUT2D eigenvalue weighted by atomic mass is 9.96. The monoisotopic (exact) mass is 710 g/mol. The van der Waals surface area contributed by atoms with Crippen LogP contribution in [0.5, 0.6) is 5.75 Å². The van der Waals surface area contributed by atoms with Gasteiger partial charge in [-0.05, 0) is 71.7 Å². The smallest absolute Gasteiger partial charge is 0.416 e. The molecule has 7 nitrogen and oxygen atoms in total. The highest BCUT2D eigenvalue weighted by atomic mass is 32.2. The summed E-state index contributed by atoms with van der Waals surface area (Å²) < 4.78 is 94.0. The van der Waals surface area contributed by atoms with E-state index in [1.54, 1.807) is 18.2 Å². The molecule has 3 aromatic carbocycles. The minimum Gasteiger partial charge on any atom is -0.492 e. The van der Waals surface area contributed by atoms with Crippen LogP contribution in [0, 0.1) is 0 Å². The van der Waals surface area contributed by atoms with Crippen LogP contribution in [0.1, 0.15) is 32.6 Å². The largest absolute Gasteiger partial charge is 0.492 e. The van der Waals surface area contributed by atoms with Gasteiger partial charge in [0, 0.05) is 31.7 Å². The van der Waals surface area contributed by atoms with E-state index >= 15 is 0 Å². The SMILES string of the molecule is O=C(O)c1ccc(CCN2C(=O)/C(=C/c3ccc(OCCN4CCOCC4)c(-c4cc(C(F)(F)F)cc(C(F)(F)F)c4)c3)SC2=S)cc1. The summed E-state index contributed by atoms with van der Waals surface area (Å²) in [5.41, 5.74) is -2.05. The molecule has 0 spiro atoms. The number of nitrogens with zero attached hydrogens (tertiary/aromatic N) is 2. The van der Waals surface area contributed by atoms with Crippen LogP contribution in [-0.2, 0) is 28.3 Å². The van der Waals surface area contributed by atoms with Crippen molar-refractivity contribution in [3.63, 3.8) is 0 Å². The number of carboxylic acids is 1. The quantitative estimate of drug-likeness (QED) is 0.134. The van der Waals surface area contributed by atoms with E-state index in [2.05, 4.69) is 4.90 Å². The highest BCUT2D eigenvalue weighted by Crippen LogP contribution is 2.41. The predicted octanol–water partition coefficient (Wildman–Crippen LogP) is 7.24. The maximum Gasteiger partial charge on any atom is 0.416 e. The van der Waals surface area contributed by atoms with E-state index in [1.165, 1.54) is 35.2 Å².